The van der Waals surface area contributed by atoms with Gasteiger partial charge in [-0.25, -0.2) is 0 Å². The maximum Gasteiger partial charge on any atom is 0.145 e. The third kappa shape index (κ3) is 3.33. The third-order valence-corrected chi connectivity index (χ3v) is 2.92. The molecule has 20 heavy (non-hydrogen) atoms. The van der Waals surface area contributed by atoms with Gasteiger partial charge < -0.3 is 15.7 Å². The lowest BCUT2D eigenvalue weighted by Crippen LogP contribution is -2.07. The molecule has 0 bridgehead atoms. The number of hydrogen-bond acceptors (Lipinski definition) is 5. The predicted octanol–water partition coefficient (Wildman–Crippen LogP) is 3.33. The van der Waals surface area contributed by atoms with Crippen molar-refractivity contribution in [3.63, 3.8) is 0 Å². The summed E-state index contributed by atoms with van der Waals surface area (Å²) >= 11 is 0. The number of phenolic OH excluding ortho intramolecular Hbond substituents is 1. The largest absolute Gasteiger partial charge is 0.506 e. The molecular formula is C15H18N4O. The minimum Gasteiger partial charge on any atom is -0.506 e. The quantitative estimate of drug-likeness (QED) is 0.837. The summed E-state index contributed by atoms with van der Waals surface area (Å²) in [5.74, 6) is 0.110. The SMILES string of the molecule is CN(C)c1ccc(N=Nc2ccc(CN)cc2)c(O)c1. The Kier molecular flexibility index (Phi) is 4.32. The molecule has 0 saturated carbocycles. The van der Waals surface area contributed by atoms with Crippen molar-refractivity contribution in [2.75, 3.05) is 19.0 Å². The molecule has 0 aliphatic heterocycles. The van der Waals surface area contributed by atoms with Crippen LogP contribution in [0.3, 0.4) is 0 Å². The summed E-state index contributed by atoms with van der Waals surface area (Å²) in [5.41, 5.74) is 8.65. The van der Waals surface area contributed by atoms with E-state index in [0.717, 1.165) is 16.9 Å². The third-order valence-electron chi connectivity index (χ3n) is 2.92. The molecule has 0 amide bonds. The van der Waals surface area contributed by atoms with E-state index in [0.29, 0.717) is 12.2 Å². The zero-order chi connectivity index (χ0) is 14.5. The summed E-state index contributed by atoms with van der Waals surface area (Å²) in [6.07, 6.45) is 0. The van der Waals surface area contributed by atoms with Gasteiger partial charge in [-0.1, -0.05) is 12.1 Å². The van der Waals surface area contributed by atoms with Crippen LogP contribution in [-0.4, -0.2) is 19.2 Å². The smallest absolute Gasteiger partial charge is 0.145 e. The van der Waals surface area contributed by atoms with Gasteiger partial charge >= 0.3 is 0 Å². The van der Waals surface area contributed by atoms with Gasteiger partial charge in [-0.05, 0) is 29.8 Å². The molecule has 0 aromatic heterocycles. The number of aromatic hydroxyl groups is 1. The summed E-state index contributed by atoms with van der Waals surface area (Å²) in [5, 5.41) is 18.1. The molecule has 0 heterocycles. The zero-order valence-corrected chi connectivity index (χ0v) is 11.6. The van der Waals surface area contributed by atoms with Crippen LogP contribution >= 0.6 is 0 Å². The van der Waals surface area contributed by atoms with Gasteiger partial charge in [-0.3, -0.25) is 0 Å². The highest BCUT2D eigenvalue weighted by Gasteiger charge is 2.03. The maximum absolute atomic E-state index is 9.90. The molecule has 0 aliphatic carbocycles. The lowest BCUT2D eigenvalue weighted by Gasteiger charge is -2.12. The molecule has 104 valence electrons. The summed E-state index contributed by atoms with van der Waals surface area (Å²) in [4.78, 5) is 1.91. The van der Waals surface area contributed by atoms with Gasteiger partial charge in [0.2, 0.25) is 0 Å². The van der Waals surface area contributed by atoms with Gasteiger partial charge in [0.05, 0.1) is 5.69 Å². The Hall–Kier alpha value is -2.40. The van der Waals surface area contributed by atoms with E-state index >= 15 is 0 Å². The number of azo groups is 1. The molecule has 2 aromatic rings. The first-order valence-electron chi connectivity index (χ1n) is 6.31. The summed E-state index contributed by atoms with van der Waals surface area (Å²) in [6, 6.07) is 12.8. The van der Waals surface area contributed by atoms with E-state index in [4.69, 9.17) is 5.73 Å². The Balaban J connectivity index is 2.18. The Labute approximate surface area is 118 Å². The normalized spacial score (nSPS) is 10.9. The second kappa shape index (κ2) is 6.16. The Morgan fingerprint density at radius 1 is 1.05 bits per heavy atom. The van der Waals surface area contributed by atoms with Gasteiger partial charge in [0.15, 0.2) is 0 Å². The van der Waals surface area contributed by atoms with Crippen LogP contribution in [0.1, 0.15) is 5.56 Å². The van der Waals surface area contributed by atoms with Crippen molar-refractivity contribution in [1.82, 2.24) is 0 Å². The molecule has 3 N–H and O–H groups in total. The Morgan fingerprint density at radius 3 is 2.30 bits per heavy atom. The molecule has 0 saturated heterocycles. The fourth-order valence-corrected chi connectivity index (χ4v) is 1.68. The summed E-state index contributed by atoms with van der Waals surface area (Å²) < 4.78 is 0. The van der Waals surface area contributed by atoms with Crippen LogP contribution in [0.2, 0.25) is 0 Å². The number of phenols is 1. The standard InChI is InChI=1S/C15H18N4O/c1-19(2)13-7-8-14(15(20)9-13)18-17-12-5-3-11(10-16)4-6-12/h3-9,20H,10,16H2,1-2H3. The molecule has 0 aliphatic rings. The molecular weight excluding hydrogens is 252 g/mol. The Bertz CT molecular complexity index is 606. The molecule has 0 unspecified atom stereocenters. The second-order valence-electron chi connectivity index (χ2n) is 4.64. The van der Waals surface area contributed by atoms with Gasteiger partial charge in [-0.2, -0.15) is 5.11 Å². The van der Waals surface area contributed by atoms with Crippen molar-refractivity contribution in [1.29, 1.82) is 0 Å². The highest BCUT2D eigenvalue weighted by atomic mass is 16.3. The zero-order valence-electron chi connectivity index (χ0n) is 11.6. The first-order valence-corrected chi connectivity index (χ1v) is 6.31. The molecule has 0 fully saturated rings. The number of rotatable bonds is 4. The topological polar surface area (TPSA) is 74.2 Å². The lowest BCUT2D eigenvalue weighted by molar-refractivity contribution is 0.476. The maximum atomic E-state index is 9.90. The molecule has 5 heteroatoms. The second-order valence-corrected chi connectivity index (χ2v) is 4.64. The lowest BCUT2D eigenvalue weighted by atomic mass is 10.2. The van der Waals surface area contributed by atoms with Crippen molar-refractivity contribution >= 4 is 17.1 Å². The van der Waals surface area contributed by atoms with Crippen LogP contribution < -0.4 is 10.6 Å². The van der Waals surface area contributed by atoms with Crippen molar-refractivity contribution in [2.45, 2.75) is 6.54 Å². The minimum absolute atomic E-state index is 0.110. The number of nitrogens with two attached hydrogens (primary N) is 1. The average Bonchev–Trinajstić information content (AvgIpc) is 2.46. The van der Waals surface area contributed by atoms with Crippen molar-refractivity contribution in [3.8, 4) is 5.75 Å². The molecule has 5 nitrogen and oxygen atoms in total. The van der Waals surface area contributed by atoms with Gasteiger partial charge in [0.25, 0.3) is 0 Å². The summed E-state index contributed by atoms with van der Waals surface area (Å²) in [7, 11) is 3.82. The molecule has 2 rings (SSSR count). The van der Waals surface area contributed by atoms with E-state index in [1.807, 2.05) is 49.3 Å². The van der Waals surface area contributed by atoms with E-state index in [-0.39, 0.29) is 5.75 Å². The van der Waals surface area contributed by atoms with Crippen molar-refractivity contribution < 1.29 is 5.11 Å². The molecule has 2 aromatic carbocycles. The average molecular weight is 270 g/mol. The van der Waals surface area contributed by atoms with E-state index < -0.39 is 0 Å². The highest BCUT2D eigenvalue weighted by molar-refractivity contribution is 5.60. The number of hydrogen-bond donors (Lipinski definition) is 2. The van der Waals surface area contributed by atoms with Gasteiger partial charge in [0.1, 0.15) is 11.4 Å². The molecule has 0 atom stereocenters. The van der Waals surface area contributed by atoms with Crippen LogP contribution in [0.4, 0.5) is 17.1 Å². The van der Waals surface area contributed by atoms with Gasteiger partial charge in [-0.15, -0.1) is 5.11 Å². The summed E-state index contributed by atoms with van der Waals surface area (Å²) in [6.45, 7) is 0.504. The van der Waals surface area contributed by atoms with Gasteiger partial charge in [0, 0.05) is 32.4 Å². The first kappa shape index (κ1) is 14.0. The minimum atomic E-state index is 0.110. The van der Waals surface area contributed by atoms with Crippen LogP contribution in [0.5, 0.6) is 5.75 Å². The fraction of sp³-hybridized carbons (Fsp3) is 0.200. The van der Waals surface area contributed by atoms with E-state index in [2.05, 4.69) is 10.2 Å². The van der Waals surface area contributed by atoms with E-state index in [9.17, 15) is 5.11 Å². The van der Waals surface area contributed by atoms with E-state index in [1.165, 1.54) is 0 Å². The predicted molar refractivity (Wildman–Crippen MR) is 80.9 cm³/mol. The number of anilines is 1. The van der Waals surface area contributed by atoms with Crippen molar-refractivity contribution in [3.05, 3.63) is 48.0 Å². The Morgan fingerprint density at radius 2 is 1.75 bits per heavy atom. The monoisotopic (exact) mass is 270 g/mol. The number of benzene rings is 2. The number of nitrogens with zero attached hydrogens (tertiary/aromatic N) is 3. The van der Waals surface area contributed by atoms with E-state index in [1.54, 1.807) is 12.1 Å². The fourth-order valence-electron chi connectivity index (χ4n) is 1.68. The highest BCUT2D eigenvalue weighted by Crippen LogP contribution is 2.31. The van der Waals surface area contributed by atoms with Crippen LogP contribution in [-0.2, 0) is 6.54 Å². The van der Waals surface area contributed by atoms with Crippen LogP contribution in [0.25, 0.3) is 0 Å². The van der Waals surface area contributed by atoms with Crippen molar-refractivity contribution in [2.24, 2.45) is 16.0 Å². The van der Waals surface area contributed by atoms with Crippen LogP contribution in [0, 0.1) is 0 Å². The van der Waals surface area contributed by atoms with Crippen LogP contribution in [0.15, 0.2) is 52.7 Å². The molecule has 0 radical (unpaired) electrons. The first-order chi connectivity index (χ1) is 9.60. The molecule has 0 spiro atoms.